The second-order valence-electron chi connectivity index (χ2n) is 7.34. The highest BCUT2D eigenvalue weighted by atomic mass is 32.2. The zero-order valence-corrected chi connectivity index (χ0v) is 18.7. The van der Waals surface area contributed by atoms with Gasteiger partial charge in [0, 0.05) is 46.0 Å². The first-order valence-electron chi connectivity index (χ1n) is 9.85. The molecule has 2 aromatic carbocycles. The second-order valence-corrected chi connectivity index (χ2v) is 9.41. The minimum atomic E-state index is -3.92. The fourth-order valence-corrected chi connectivity index (χ4v) is 4.40. The number of piperazine rings is 1. The van der Waals surface area contributed by atoms with Gasteiger partial charge in [0.1, 0.15) is 18.1 Å². The number of benzene rings is 2. The molecule has 31 heavy (non-hydrogen) atoms. The molecule has 1 saturated heterocycles. The molecule has 0 unspecified atom stereocenters. The molecular weight excluding hydrogens is 423 g/mol. The van der Waals surface area contributed by atoms with E-state index in [-0.39, 0.29) is 18.1 Å². The molecule has 10 heteroatoms. The second kappa shape index (κ2) is 9.52. The van der Waals surface area contributed by atoms with Crippen molar-refractivity contribution < 1.29 is 22.3 Å². The lowest BCUT2D eigenvalue weighted by Gasteiger charge is -2.37. The number of hydrogen-bond donors (Lipinski definition) is 0. The number of rotatable bonds is 7. The summed E-state index contributed by atoms with van der Waals surface area (Å²) in [6.45, 7) is 1.87. The van der Waals surface area contributed by atoms with E-state index in [0.29, 0.717) is 26.2 Å². The van der Waals surface area contributed by atoms with E-state index in [2.05, 4.69) is 4.90 Å². The Labute approximate surface area is 182 Å². The van der Waals surface area contributed by atoms with Gasteiger partial charge in [0.2, 0.25) is 5.91 Å². The molecule has 0 atom stereocenters. The molecular formula is C21H27FN4O4S. The van der Waals surface area contributed by atoms with Gasteiger partial charge < -0.3 is 14.5 Å². The number of methoxy groups -OCH3 is 1. The van der Waals surface area contributed by atoms with Crippen LogP contribution in [-0.2, 0) is 15.0 Å². The van der Waals surface area contributed by atoms with Gasteiger partial charge >= 0.3 is 10.2 Å². The molecule has 3 rings (SSSR count). The number of nitrogens with zero attached hydrogens (tertiary/aromatic N) is 4. The lowest BCUT2D eigenvalue weighted by atomic mass is 10.2. The van der Waals surface area contributed by atoms with Crippen molar-refractivity contribution >= 4 is 27.5 Å². The number of ether oxygens (including phenoxy) is 1. The smallest absolute Gasteiger partial charge is 0.304 e. The molecule has 1 fully saturated rings. The molecule has 0 N–H and O–H groups in total. The SMILES string of the molecule is COc1ccc(N2CCN(C(=O)CN(c3ccc(F)cc3)S(=O)(=O)N(C)C)CC2)cc1. The molecule has 0 spiro atoms. The summed E-state index contributed by atoms with van der Waals surface area (Å²) in [5.74, 6) is -0.00314. The number of carbonyl (C=O) groups is 1. The van der Waals surface area contributed by atoms with E-state index < -0.39 is 16.0 Å². The summed E-state index contributed by atoms with van der Waals surface area (Å²) >= 11 is 0. The minimum absolute atomic E-state index is 0.236. The first-order chi connectivity index (χ1) is 14.7. The van der Waals surface area contributed by atoms with Crippen LogP contribution in [0.25, 0.3) is 0 Å². The molecule has 1 aliphatic rings. The third-order valence-corrected chi connectivity index (χ3v) is 7.02. The van der Waals surface area contributed by atoms with Crippen molar-refractivity contribution in [3.8, 4) is 5.75 Å². The number of carbonyl (C=O) groups excluding carboxylic acids is 1. The number of halogens is 1. The summed E-state index contributed by atoms with van der Waals surface area (Å²) in [5, 5.41) is 0. The van der Waals surface area contributed by atoms with E-state index >= 15 is 0 Å². The molecule has 2 aromatic rings. The summed E-state index contributed by atoms with van der Waals surface area (Å²) in [7, 11) is 0.477. The van der Waals surface area contributed by atoms with E-state index in [9.17, 15) is 17.6 Å². The van der Waals surface area contributed by atoms with Gasteiger partial charge in [-0.15, -0.1) is 0 Å². The highest BCUT2D eigenvalue weighted by Gasteiger charge is 2.30. The molecule has 1 heterocycles. The molecule has 0 radical (unpaired) electrons. The van der Waals surface area contributed by atoms with Crippen LogP contribution in [0.15, 0.2) is 48.5 Å². The van der Waals surface area contributed by atoms with Gasteiger partial charge in [0.25, 0.3) is 0 Å². The van der Waals surface area contributed by atoms with Crippen LogP contribution < -0.4 is 13.9 Å². The van der Waals surface area contributed by atoms with Crippen molar-refractivity contribution in [2.75, 3.05) is 63.1 Å². The maximum absolute atomic E-state index is 13.3. The largest absolute Gasteiger partial charge is 0.497 e. The van der Waals surface area contributed by atoms with Crippen LogP contribution >= 0.6 is 0 Å². The van der Waals surface area contributed by atoms with E-state index in [1.54, 1.807) is 12.0 Å². The quantitative estimate of drug-likeness (QED) is 0.643. The van der Waals surface area contributed by atoms with Crippen LogP contribution in [0.1, 0.15) is 0 Å². The third kappa shape index (κ3) is 5.26. The first-order valence-corrected chi connectivity index (χ1v) is 11.2. The predicted octanol–water partition coefficient (Wildman–Crippen LogP) is 1.80. The Kier molecular flexibility index (Phi) is 7.01. The Morgan fingerprint density at radius 2 is 1.58 bits per heavy atom. The average molecular weight is 451 g/mol. The van der Waals surface area contributed by atoms with Crippen molar-refractivity contribution in [2.24, 2.45) is 0 Å². The van der Waals surface area contributed by atoms with Crippen LogP contribution in [0, 0.1) is 5.82 Å². The van der Waals surface area contributed by atoms with Crippen LogP contribution in [0.4, 0.5) is 15.8 Å². The summed E-state index contributed by atoms with van der Waals surface area (Å²) in [5.41, 5.74) is 1.27. The van der Waals surface area contributed by atoms with Gasteiger partial charge in [-0.2, -0.15) is 12.7 Å². The Morgan fingerprint density at radius 1 is 1.00 bits per heavy atom. The number of anilines is 2. The van der Waals surface area contributed by atoms with Crippen molar-refractivity contribution in [1.29, 1.82) is 0 Å². The predicted molar refractivity (Wildman–Crippen MR) is 118 cm³/mol. The van der Waals surface area contributed by atoms with Gasteiger partial charge in [-0.05, 0) is 48.5 Å². The summed E-state index contributed by atoms with van der Waals surface area (Å²) in [4.78, 5) is 16.8. The first kappa shape index (κ1) is 22.8. The zero-order valence-electron chi connectivity index (χ0n) is 17.9. The molecule has 0 aliphatic carbocycles. The van der Waals surface area contributed by atoms with Gasteiger partial charge in [-0.1, -0.05) is 0 Å². The topological polar surface area (TPSA) is 73.4 Å². The third-order valence-electron chi connectivity index (χ3n) is 5.20. The molecule has 0 saturated carbocycles. The fraction of sp³-hybridized carbons (Fsp3) is 0.381. The summed E-state index contributed by atoms with van der Waals surface area (Å²) in [6, 6.07) is 12.8. The molecule has 8 nitrogen and oxygen atoms in total. The van der Waals surface area contributed by atoms with E-state index in [0.717, 1.165) is 20.0 Å². The lowest BCUT2D eigenvalue weighted by molar-refractivity contribution is -0.129. The Morgan fingerprint density at radius 3 is 2.10 bits per heavy atom. The van der Waals surface area contributed by atoms with Crippen LogP contribution in [-0.4, -0.2) is 77.5 Å². The Hall–Kier alpha value is -2.85. The molecule has 168 valence electrons. The fourth-order valence-electron chi connectivity index (χ4n) is 3.34. The molecule has 0 bridgehead atoms. The zero-order chi connectivity index (χ0) is 22.6. The monoisotopic (exact) mass is 450 g/mol. The van der Waals surface area contributed by atoms with E-state index in [1.807, 2.05) is 24.3 Å². The number of amides is 1. The van der Waals surface area contributed by atoms with Gasteiger partial charge in [0.15, 0.2) is 0 Å². The van der Waals surface area contributed by atoms with Gasteiger partial charge in [0.05, 0.1) is 12.8 Å². The summed E-state index contributed by atoms with van der Waals surface area (Å²) < 4.78 is 46.1. The van der Waals surface area contributed by atoms with Crippen molar-refractivity contribution in [3.05, 3.63) is 54.3 Å². The van der Waals surface area contributed by atoms with Crippen molar-refractivity contribution in [3.63, 3.8) is 0 Å². The highest BCUT2D eigenvalue weighted by molar-refractivity contribution is 7.90. The van der Waals surface area contributed by atoms with Crippen molar-refractivity contribution in [2.45, 2.75) is 0 Å². The lowest BCUT2D eigenvalue weighted by Crippen LogP contribution is -2.53. The van der Waals surface area contributed by atoms with E-state index in [4.69, 9.17) is 4.74 Å². The highest BCUT2D eigenvalue weighted by Crippen LogP contribution is 2.22. The minimum Gasteiger partial charge on any atom is -0.497 e. The average Bonchev–Trinajstić information content (AvgIpc) is 2.78. The maximum Gasteiger partial charge on any atom is 0.304 e. The Bertz CT molecular complexity index is 989. The standard InChI is InChI=1S/C21H27FN4O4S/c1-23(2)31(28,29)26(19-6-4-17(22)5-7-19)16-21(27)25-14-12-24(13-15-25)18-8-10-20(30-3)11-9-18/h4-11H,12-16H2,1-3H3. The van der Waals surface area contributed by atoms with Crippen LogP contribution in [0.3, 0.4) is 0 Å². The summed E-state index contributed by atoms with van der Waals surface area (Å²) in [6.07, 6.45) is 0. The number of hydrogen-bond acceptors (Lipinski definition) is 5. The molecule has 1 amide bonds. The molecule has 1 aliphatic heterocycles. The molecule has 0 aromatic heterocycles. The van der Waals surface area contributed by atoms with Gasteiger partial charge in [-0.25, -0.2) is 8.70 Å². The normalized spacial score (nSPS) is 14.6. The van der Waals surface area contributed by atoms with Crippen molar-refractivity contribution in [1.82, 2.24) is 9.21 Å². The Balaban J connectivity index is 1.68. The maximum atomic E-state index is 13.3. The van der Waals surface area contributed by atoms with Gasteiger partial charge in [-0.3, -0.25) is 4.79 Å². The van der Waals surface area contributed by atoms with Crippen LogP contribution in [0.5, 0.6) is 5.75 Å². The van der Waals surface area contributed by atoms with Crippen LogP contribution in [0.2, 0.25) is 0 Å². The van der Waals surface area contributed by atoms with E-state index in [1.165, 1.54) is 38.4 Å².